The summed E-state index contributed by atoms with van der Waals surface area (Å²) >= 11 is 0. The smallest absolute Gasteiger partial charge is 0.244 e. The van der Waals surface area contributed by atoms with Gasteiger partial charge in [-0.05, 0) is 25.7 Å². The molecule has 1 fully saturated rings. The number of nitrogens with two attached hydrogens (primary N) is 1. The predicted octanol–water partition coefficient (Wildman–Crippen LogP) is 0.183. The molecule has 0 aliphatic carbocycles. The van der Waals surface area contributed by atoms with Crippen molar-refractivity contribution in [2.75, 3.05) is 13.2 Å². The van der Waals surface area contributed by atoms with Crippen LogP contribution in [0.15, 0.2) is 12.4 Å². The van der Waals surface area contributed by atoms with Crippen LogP contribution in [0.3, 0.4) is 0 Å². The van der Waals surface area contributed by atoms with E-state index in [2.05, 4.69) is 5.10 Å². The largest absolute Gasteiger partial charge is 0.396 e. The van der Waals surface area contributed by atoms with Gasteiger partial charge < -0.3 is 15.7 Å². The minimum absolute atomic E-state index is 0.0339. The lowest BCUT2D eigenvalue weighted by molar-refractivity contribution is -0.133. The van der Waals surface area contributed by atoms with E-state index in [1.54, 1.807) is 24.1 Å². The highest BCUT2D eigenvalue weighted by atomic mass is 16.3. The number of hydrogen-bond acceptors (Lipinski definition) is 4. The molecule has 1 aromatic rings. The number of rotatable bonds is 5. The van der Waals surface area contributed by atoms with Crippen molar-refractivity contribution in [3.05, 3.63) is 18.0 Å². The van der Waals surface area contributed by atoms with Gasteiger partial charge >= 0.3 is 0 Å². The van der Waals surface area contributed by atoms with E-state index in [1.165, 1.54) is 0 Å². The second kappa shape index (κ2) is 6.16. The van der Waals surface area contributed by atoms with Crippen LogP contribution in [0.5, 0.6) is 0 Å². The highest BCUT2D eigenvalue weighted by Gasteiger charge is 2.32. The molecule has 6 nitrogen and oxygen atoms in total. The zero-order chi connectivity index (χ0) is 13.8. The molecule has 1 aliphatic heterocycles. The molecule has 1 amide bonds. The molecule has 2 atom stereocenters. The van der Waals surface area contributed by atoms with Crippen LogP contribution in [0, 0.1) is 0 Å². The molecule has 2 rings (SSSR count). The quantitative estimate of drug-likeness (QED) is 0.796. The Morgan fingerprint density at radius 2 is 2.47 bits per heavy atom. The van der Waals surface area contributed by atoms with Crippen molar-refractivity contribution in [2.45, 2.75) is 37.8 Å². The summed E-state index contributed by atoms with van der Waals surface area (Å²) in [5.41, 5.74) is 6.78. The molecular weight excluding hydrogens is 244 g/mol. The van der Waals surface area contributed by atoms with Crippen LogP contribution in [0.25, 0.3) is 0 Å². The summed E-state index contributed by atoms with van der Waals surface area (Å²) in [7, 11) is 1.81. The number of hydrogen-bond donors (Lipinski definition) is 2. The molecule has 1 aromatic heterocycles. The Kier molecular flexibility index (Phi) is 4.55. The summed E-state index contributed by atoms with van der Waals surface area (Å²) in [6.45, 7) is 0.941. The van der Waals surface area contributed by atoms with Crippen LogP contribution in [-0.2, 0) is 11.8 Å². The number of carbonyl (C=O) groups excluding carboxylic acids is 1. The highest BCUT2D eigenvalue weighted by Crippen LogP contribution is 2.24. The molecular formula is C13H22N4O2. The molecule has 0 saturated carbocycles. The van der Waals surface area contributed by atoms with Crippen molar-refractivity contribution in [3.8, 4) is 0 Å². The van der Waals surface area contributed by atoms with E-state index in [1.807, 2.05) is 4.90 Å². The Labute approximate surface area is 113 Å². The minimum atomic E-state index is -0.636. The molecule has 0 spiro atoms. The normalized spacial score (nSPS) is 20.8. The second-order valence-corrected chi connectivity index (χ2v) is 5.12. The van der Waals surface area contributed by atoms with E-state index in [0.29, 0.717) is 0 Å². The summed E-state index contributed by atoms with van der Waals surface area (Å²) in [5, 5.41) is 13.0. The summed E-state index contributed by atoms with van der Waals surface area (Å²) in [5.74, 6) is -0.0339. The first-order valence-electron chi connectivity index (χ1n) is 6.79. The number of aliphatic hydroxyl groups is 1. The molecule has 1 saturated heterocycles. The van der Waals surface area contributed by atoms with Gasteiger partial charge in [-0.3, -0.25) is 9.48 Å². The molecule has 0 radical (unpaired) electrons. The maximum Gasteiger partial charge on any atom is 0.244 e. The average molecular weight is 266 g/mol. The fraction of sp³-hybridized carbons (Fsp3) is 0.692. The molecule has 106 valence electrons. The predicted molar refractivity (Wildman–Crippen MR) is 71.2 cm³/mol. The van der Waals surface area contributed by atoms with E-state index in [9.17, 15) is 4.79 Å². The fourth-order valence-electron chi connectivity index (χ4n) is 2.67. The first-order chi connectivity index (χ1) is 9.13. The van der Waals surface area contributed by atoms with Gasteiger partial charge in [0.25, 0.3) is 0 Å². The van der Waals surface area contributed by atoms with Crippen molar-refractivity contribution in [1.82, 2.24) is 14.7 Å². The lowest BCUT2D eigenvalue weighted by atomic mass is 10.1. The summed E-state index contributed by atoms with van der Waals surface area (Å²) < 4.78 is 1.65. The lowest BCUT2D eigenvalue weighted by Crippen LogP contribution is -2.41. The number of carbonyl (C=O) groups is 1. The second-order valence-electron chi connectivity index (χ2n) is 5.12. The zero-order valence-electron chi connectivity index (χ0n) is 11.3. The number of aromatic nitrogens is 2. The van der Waals surface area contributed by atoms with E-state index in [0.717, 1.165) is 37.8 Å². The van der Waals surface area contributed by atoms with Crippen LogP contribution in [0.4, 0.5) is 0 Å². The Morgan fingerprint density at radius 3 is 3.11 bits per heavy atom. The molecule has 3 N–H and O–H groups in total. The van der Waals surface area contributed by atoms with Crippen LogP contribution < -0.4 is 5.73 Å². The first-order valence-corrected chi connectivity index (χ1v) is 6.79. The summed E-state index contributed by atoms with van der Waals surface area (Å²) in [6, 6.07) is -0.411. The third-order valence-corrected chi connectivity index (χ3v) is 3.71. The molecule has 1 aliphatic rings. The molecule has 2 unspecified atom stereocenters. The zero-order valence-corrected chi connectivity index (χ0v) is 11.3. The van der Waals surface area contributed by atoms with E-state index in [4.69, 9.17) is 10.8 Å². The maximum absolute atomic E-state index is 12.4. The molecule has 2 heterocycles. The maximum atomic E-state index is 12.4. The summed E-state index contributed by atoms with van der Waals surface area (Å²) in [4.78, 5) is 14.3. The number of aryl methyl sites for hydroxylation is 1. The third-order valence-electron chi connectivity index (χ3n) is 3.71. The van der Waals surface area contributed by atoms with Crippen LogP contribution in [0.1, 0.15) is 37.3 Å². The Balaban J connectivity index is 2.01. The van der Waals surface area contributed by atoms with Crippen molar-refractivity contribution < 1.29 is 9.90 Å². The average Bonchev–Trinajstić information content (AvgIpc) is 3.03. The number of amides is 1. The highest BCUT2D eigenvalue weighted by molar-refractivity contribution is 5.83. The van der Waals surface area contributed by atoms with Crippen LogP contribution in [0.2, 0.25) is 0 Å². The van der Waals surface area contributed by atoms with Gasteiger partial charge in [0.05, 0.1) is 6.20 Å². The topological polar surface area (TPSA) is 84.4 Å². The number of aliphatic hydroxyl groups excluding tert-OH is 1. The monoisotopic (exact) mass is 266 g/mol. The van der Waals surface area contributed by atoms with E-state index >= 15 is 0 Å². The Hall–Kier alpha value is -1.40. The van der Waals surface area contributed by atoms with Crippen molar-refractivity contribution >= 4 is 5.91 Å². The molecule has 6 heteroatoms. The van der Waals surface area contributed by atoms with Crippen molar-refractivity contribution in [2.24, 2.45) is 12.8 Å². The van der Waals surface area contributed by atoms with Gasteiger partial charge in [-0.15, -0.1) is 0 Å². The fourth-order valence-corrected chi connectivity index (χ4v) is 2.67. The molecule has 0 aromatic carbocycles. The minimum Gasteiger partial charge on any atom is -0.396 e. The standard InChI is InChI=1S/C13H22N4O2/c1-16-9-10(8-15-16)12(14)13(19)17-6-2-4-11(17)5-3-7-18/h8-9,11-12,18H,2-7,14H2,1H3. The van der Waals surface area contributed by atoms with Gasteiger partial charge in [0.2, 0.25) is 5.91 Å². The number of nitrogens with zero attached hydrogens (tertiary/aromatic N) is 3. The summed E-state index contributed by atoms with van der Waals surface area (Å²) in [6.07, 6.45) is 7.02. The van der Waals surface area contributed by atoms with E-state index in [-0.39, 0.29) is 18.6 Å². The van der Waals surface area contributed by atoms with Crippen LogP contribution >= 0.6 is 0 Å². The van der Waals surface area contributed by atoms with Crippen LogP contribution in [-0.4, -0.2) is 44.9 Å². The van der Waals surface area contributed by atoms with Gasteiger partial charge in [-0.25, -0.2) is 0 Å². The van der Waals surface area contributed by atoms with Crippen molar-refractivity contribution in [1.29, 1.82) is 0 Å². The third kappa shape index (κ3) is 3.13. The molecule has 0 bridgehead atoms. The van der Waals surface area contributed by atoms with Crippen molar-refractivity contribution in [3.63, 3.8) is 0 Å². The first kappa shape index (κ1) is 14.0. The SMILES string of the molecule is Cn1cc(C(N)C(=O)N2CCCC2CCCO)cn1. The van der Waals surface area contributed by atoms with Gasteiger partial charge in [-0.1, -0.05) is 0 Å². The van der Waals surface area contributed by atoms with Gasteiger partial charge in [0.15, 0.2) is 0 Å². The van der Waals surface area contributed by atoms with E-state index < -0.39 is 6.04 Å². The van der Waals surface area contributed by atoms with Gasteiger partial charge in [0, 0.05) is 38.0 Å². The lowest BCUT2D eigenvalue weighted by Gasteiger charge is -2.27. The number of likely N-dealkylation sites (tertiary alicyclic amines) is 1. The Bertz CT molecular complexity index is 432. The van der Waals surface area contributed by atoms with Gasteiger partial charge in [-0.2, -0.15) is 5.10 Å². The van der Waals surface area contributed by atoms with Gasteiger partial charge in [0.1, 0.15) is 6.04 Å². The Morgan fingerprint density at radius 1 is 1.68 bits per heavy atom. The molecule has 19 heavy (non-hydrogen) atoms.